The summed E-state index contributed by atoms with van der Waals surface area (Å²) in [6.07, 6.45) is 41.3. The van der Waals surface area contributed by atoms with Crippen LogP contribution in [-0.2, 0) is 38.2 Å². The number of nitrogens with one attached hydrogen (secondary N) is 1. The number of carbonyl (C=O) groups excluding carboxylic acids is 5. The maximum Gasteiger partial charge on any atom is 0.315 e. The lowest BCUT2D eigenvalue weighted by Crippen LogP contribution is -2.51. The van der Waals surface area contributed by atoms with E-state index in [1.165, 1.54) is 134 Å². The van der Waals surface area contributed by atoms with E-state index < -0.39 is 24.3 Å². The van der Waals surface area contributed by atoms with Gasteiger partial charge >= 0.3 is 17.9 Å². The summed E-state index contributed by atoms with van der Waals surface area (Å²) in [6, 6.07) is -0.762. The molecular formula is C57H97NO8. The number of allylic oxidation sites excluding steroid dienone is 1. The molecule has 1 amide bonds. The SMILES string of the molecule is CCCCCCCCCCCCCCCC(=O)OCC(COC(=O)CCCCCCCCCCCCCCC)NC(=O)CC(=O)O[C@H]1CC[C@H]2[C@@H]3CCC4=CC(=O)CC[C@]4(C)[C@H]3CC[C@]12C. The van der Waals surface area contributed by atoms with Crippen molar-refractivity contribution in [2.24, 2.45) is 28.6 Å². The van der Waals surface area contributed by atoms with E-state index in [1.807, 2.05) is 6.08 Å². The number of esters is 3. The van der Waals surface area contributed by atoms with Crippen molar-refractivity contribution in [3.05, 3.63) is 11.6 Å². The topological polar surface area (TPSA) is 125 Å². The van der Waals surface area contributed by atoms with Gasteiger partial charge in [0.1, 0.15) is 25.7 Å². The minimum absolute atomic E-state index is 0.0859. The summed E-state index contributed by atoms with van der Waals surface area (Å²) in [6.45, 7) is 8.93. The predicted octanol–water partition coefficient (Wildman–Crippen LogP) is 14.4. The minimum atomic E-state index is -0.762. The molecule has 4 aliphatic rings. The third kappa shape index (κ3) is 19.4. The van der Waals surface area contributed by atoms with Crippen LogP contribution in [0.4, 0.5) is 0 Å². The van der Waals surface area contributed by atoms with Crippen molar-refractivity contribution in [3.63, 3.8) is 0 Å². The largest absolute Gasteiger partial charge is 0.463 e. The van der Waals surface area contributed by atoms with Crippen LogP contribution in [0.25, 0.3) is 0 Å². The first-order valence-corrected chi connectivity index (χ1v) is 28.0. The van der Waals surface area contributed by atoms with Crippen LogP contribution < -0.4 is 5.32 Å². The lowest BCUT2D eigenvalue weighted by Gasteiger charge is -2.57. The highest BCUT2D eigenvalue weighted by molar-refractivity contribution is 5.94. The molecule has 3 fully saturated rings. The number of rotatable bonds is 36. The molecule has 0 radical (unpaired) electrons. The van der Waals surface area contributed by atoms with E-state index in [4.69, 9.17) is 14.2 Å². The maximum atomic E-state index is 13.4. The number of amides is 1. The summed E-state index contributed by atoms with van der Waals surface area (Å²) in [5.41, 5.74) is 1.30. The Kier molecular flexibility index (Phi) is 26.6. The first-order valence-electron chi connectivity index (χ1n) is 28.0. The first-order chi connectivity index (χ1) is 32.0. The van der Waals surface area contributed by atoms with Crippen LogP contribution in [0.15, 0.2) is 11.6 Å². The molecule has 0 aromatic carbocycles. The van der Waals surface area contributed by atoms with Crippen molar-refractivity contribution < 1.29 is 38.2 Å². The maximum absolute atomic E-state index is 13.4. The van der Waals surface area contributed by atoms with Gasteiger partial charge in [-0.3, -0.25) is 24.0 Å². The molecule has 0 heterocycles. The van der Waals surface area contributed by atoms with Crippen molar-refractivity contribution >= 4 is 29.6 Å². The van der Waals surface area contributed by atoms with E-state index in [0.717, 1.165) is 83.5 Å². The molecule has 0 spiro atoms. The molecule has 1 N–H and O–H groups in total. The van der Waals surface area contributed by atoms with Crippen LogP contribution in [-0.4, -0.2) is 55.0 Å². The molecule has 4 aliphatic carbocycles. The van der Waals surface area contributed by atoms with Crippen LogP contribution in [0.2, 0.25) is 0 Å². The average molecular weight is 924 g/mol. The first kappa shape index (κ1) is 55.9. The smallest absolute Gasteiger partial charge is 0.315 e. The highest BCUT2D eigenvalue weighted by Crippen LogP contribution is 2.65. The third-order valence-corrected chi connectivity index (χ3v) is 16.7. The number of carbonyl (C=O) groups is 5. The number of hydrogen-bond acceptors (Lipinski definition) is 8. The number of unbranched alkanes of at least 4 members (excludes halogenated alkanes) is 24. The summed E-state index contributed by atoms with van der Waals surface area (Å²) in [4.78, 5) is 64.6. The Morgan fingerprint density at radius 3 is 1.53 bits per heavy atom. The highest BCUT2D eigenvalue weighted by atomic mass is 16.6. The average Bonchev–Trinajstić information content (AvgIpc) is 3.63. The molecule has 9 heteroatoms. The van der Waals surface area contributed by atoms with Gasteiger partial charge in [-0.1, -0.05) is 187 Å². The predicted molar refractivity (Wildman–Crippen MR) is 266 cm³/mol. The van der Waals surface area contributed by atoms with Crippen LogP contribution in [0, 0.1) is 28.6 Å². The molecule has 4 rings (SSSR count). The summed E-state index contributed by atoms with van der Waals surface area (Å²) >= 11 is 0. The second-order valence-electron chi connectivity index (χ2n) is 21.9. The van der Waals surface area contributed by atoms with Gasteiger partial charge in [-0.2, -0.15) is 0 Å². The van der Waals surface area contributed by atoms with E-state index >= 15 is 0 Å². The van der Waals surface area contributed by atoms with Crippen LogP contribution in [0.5, 0.6) is 0 Å². The summed E-state index contributed by atoms with van der Waals surface area (Å²) in [5, 5.41) is 2.83. The Morgan fingerprint density at radius 1 is 0.576 bits per heavy atom. The monoisotopic (exact) mass is 924 g/mol. The Hall–Kier alpha value is -2.71. The van der Waals surface area contributed by atoms with Crippen molar-refractivity contribution in [3.8, 4) is 0 Å². The molecule has 0 saturated heterocycles. The molecule has 0 unspecified atom stereocenters. The van der Waals surface area contributed by atoms with E-state index in [1.54, 1.807) is 0 Å². The van der Waals surface area contributed by atoms with E-state index in [9.17, 15) is 24.0 Å². The normalized spacial score (nSPS) is 24.6. The molecule has 6 atom stereocenters. The van der Waals surface area contributed by atoms with Crippen molar-refractivity contribution in [1.82, 2.24) is 5.32 Å². The Balaban J connectivity index is 1.17. The summed E-state index contributed by atoms with van der Waals surface area (Å²) < 4.78 is 17.4. The van der Waals surface area contributed by atoms with Crippen molar-refractivity contribution in [2.75, 3.05) is 13.2 Å². The van der Waals surface area contributed by atoms with Gasteiger partial charge < -0.3 is 19.5 Å². The fourth-order valence-corrected chi connectivity index (χ4v) is 12.6. The zero-order chi connectivity index (χ0) is 47.5. The molecule has 378 valence electrons. The van der Waals surface area contributed by atoms with Gasteiger partial charge in [0.2, 0.25) is 5.91 Å². The van der Waals surface area contributed by atoms with Crippen molar-refractivity contribution in [2.45, 2.75) is 277 Å². The van der Waals surface area contributed by atoms with Crippen molar-refractivity contribution in [1.29, 1.82) is 0 Å². The zero-order valence-electron chi connectivity index (χ0n) is 42.8. The fourth-order valence-electron chi connectivity index (χ4n) is 12.6. The highest BCUT2D eigenvalue weighted by Gasteiger charge is 2.60. The summed E-state index contributed by atoms with van der Waals surface area (Å²) in [5.74, 6) is 0.0823. The lowest BCUT2D eigenvalue weighted by molar-refractivity contribution is -0.162. The molecular weight excluding hydrogens is 827 g/mol. The second-order valence-corrected chi connectivity index (χ2v) is 21.9. The van der Waals surface area contributed by atoms with Gasteiger partial charge in [0, 0.05) is 24.7 Å². The van der Waals surface area contributed by atoms with Gasteiger partial charge in [0.05, 0.1) is 6.04 Å². The van der Waals surface area contributed by atoms with Gasteiger partial charge in [0.15, 0.2) is 5.78 Å². The van der Waals surface area contributed by atoms with E-state index in [2.05, 4.69) is 33.0 Å². The molecule has 0 aliphatic heterocycles. The Morgan fingerprint density at radius 2 is 1.05 bits per heavy atom. The van der Waals surface area contributed by atoms with E-state index in [-0.39, 0.29) is 47.9 Å². The molecule has 0 bridgehead atoms. The van der Waals surface area contributed by atoms with Gasteiger partial charge in [-0.15, -0.1) is 0 Å². The number of hydrogen-bond donors (Lipinski definition) is 1. The minimum Gasteiger partial charge on any atom is -0.463 e. The second kappa shape index (κ2) is 31.4. The van der Waals surface area contributed by atoms with Gasteiger partial charge in [-0.05, 0) is 87.0 Å². The van der Waals surface area contributed by atoms with Gasteiger partial charge in [-0.25, -0.2) is 0 Å². The quantitative estimate of drug-likeness (QED) is 0.0285. The number of fused-ring (bicyclic) bond motifs is 5. The standard InChI is InChI=1S/C57H97NO8/c1-5-7-9-11-13-15-17-19-21-23-25-27-29-31-53(61)64-43-46(44-65-54(62)32-30-28-26-24-22-20-18-16-14-12-10-8-6-2)58-52(60)42-55(63)66-51-36-35-49-48-34-33-45-41-47(59)37-39-56(45,3)50(48)38-40-57(49,51)4/h41,46,48-51H,5-40,42-44H2,1-4H3,(H,58,60)/t48-,49-,50-,51-,56-,57-/m0/s1. The number of ether oxygens (including phenoxy) is 3. The van der Waals surface area contributed by atoms with Crippen LogP contribution in [0.1, 0.15) is 265 Å². The molecule has 9 nitrogen and oxygen atoms in total. The third-order valence-electron chi connectivity index (χ3n) is 16.7. The zero-order valence-corrected chi connectivity index (χ0v) is 42.8. The number of ketones is 1. The van der Waals surface area contributed by atoms with E-state index in [0.29, 0.717) is 37.0 Å². The molecule has 3 saturated carbocycles. The lowest BCUT2D eigenvalue weighted by atomic mass is 9.47. The van der Waals surface area contributed by atoms with Gasteiger partial charge in [0.25, 0.3) is 0 Å². The molecule has 0 aromatic rings. The fraction of sp³-hybridized carbons (Fsp3) is 0.877. The van der Waals surface area contributed by atoms with Crippen LogP contribution in [0.3, 0.4) is 0 Å². The Labute approximate surface area is 402 Å². The Bertz CT molecular complexity index is 1430. The molecule has 0 aromatic heterocycles. The summed E-state index contributed by atoms with van der Waals surface area (Å²) in [7, 11) is 0. The van der Waals surface area contributed by atoms with Crippen LogP contribution >= 0.6 is 0 Å². The molecule has 66 heavy (non-hydrogen) atoms.